The van der Waals surface area contributed by atoms with Crippen molar-refractivity contribution in [2.24, 2.45) is 0 Å². The minimum atomic E-state index is -3.55. The number of nitrogens with zero attached hydrogens (tertiary/aromatic N) is 2. The van der Waals surface area contributed by atoms with Crippen molar-refractivity contribution in [2.45, 2.75) is 36.7 Å². The number of ether oxygens (including phenoxy) is 1. The van der Waals surface area contributed by atoms with Crippen molar-refractivity contribution < 1.29 is 18.3 Å². The van der Waals surface area contributed by atoms with Gasteiger partial charge in [-0.05, 0) is 24.5 Å². The van der Waals surface area contributed by atoms with E-state index < -0.39 is 10.0 Å². The Kier molecular flexibility index (Phi) is 3.30. The number of aliphatic hydroxyl groups excluding tert-OH is 1. The maximum absolute atomic E-state index is 12.5. The average Bonchev–Trinajstić information content (AvgIpc) is 2.77. The largest absolute Gasteiger partial charge is 0.392 e. The monoisotopic (exact) mass is 284 g/mol. The minimum Gasteiger partial charge on any atom is -0.392 e. The number of sulfonamides is 1. The van der Waals surface area contributed by atoms with Gasteiger partial charge in [-0.3, -0.25) is 0 Å². The molecule has 0 spiro atoms. The molecule has 19 heavy (non-hydrogen) atoms. The zero-order valence-corrected chi connectivity index (χ0v) is 11.2. The number of morpholine rings is 1. The van der Waals surface area contributed by atoms with Crippen molar-refractivity contribution >= 4 is 10.0 Å². The van der Waals surface area contributed by atoms with Crippen LogP contribution in [0.5, 0.6) is 0 Å². The maximum Gasteiger partial charge on any atom is 0.260 e. The van der Waals surface area contributed by atoms with E-state index in [2.05, 4.69) is 4.98 Å². The number of aliphatic hydroxyl groups is 1. The van der Waals surface area contributed by atoms with Gasteiger partial charge in [-0.2, -0.15) is 4.31 Å². The van der Waals surface area contributed by atoms with E-state index in [0.29, 0.717) is 18.7 Å². The zero-order chi connectivity index (χ0) is 13.5. The summed E-state index contributed by atoms with van der Waals surface area (Å²) in [6.45, 7) is 0.666. The van der Waals surface area contributed by atoms with Crippen LogP contribution >= 0.6 is 0 Å². The first-order valence-corrected chi connectivity index (χ1v) is 7.75. The predicted octanol–water partition coefficient (Wildman–Crippen LogP) is 0.126. The molecule has 2 aliphatic rings. The van der Waals surface area contributed by atoms with Crippen LogP contribution in [-0.4, -0.2) is 48.1 Å². The topological polar surface area (TPSA) is 79.7 Å². The molecule has 3 heterocycles. The van der Waals surface area contributed by atoms with Gasteiger partial charge >= 0.3 is 0 Å². The van der Waals surface area contributed by atoms with Crippen LogP contribution in [0.3, 0.4) is 0 Å². The summed E-state index contributed by atoms with van der Waals surface area (Å²) < 4.78 is 32.0. The molecule has 0 amide bonds. The lowest BCUT2D eigenvalue weighted by atomic mass is 10.2. The standard InChI is InChI=1S/C12H16N2O4S/c15-8-9-1-4-12(13-5-9)19(16,17)14-6-10-2-3-11(7-14)18-10/h1,4-5,10-11,15H,2-3,6-8H2. The summed E-state index contributed by atoms with van der Waals surface area (Å²) in [5.74, 6) is 0. The Morgan fingerprint density at radius 2 is 2.00 bits per heavy atom. The van der Waals surface area contributed by atoms with Crippen molar-refractivity contribution in [2.75, 3.05) is 13.1 Å². The normalized spacial score (nSPS) is 27.6. The van der Waals surface area contributed by atoms with Crippen molar-refractivity contribution in [1.82, 2.24) is 9.29 Å². The van der Waals surface area contributed by atoms with Gasteiger partial charge in [0, 0.05) is 19.3 Å². The van der Waals surface area contributed by atoms with Gasteiger partial charge < -0.3 is 9.84 Å². The summed E-state index contributed by atoms with van der Waals surface area (Å²) in [6, 6.07) is 3.02. The Balaban J connectivity index is 1.85. The van der Waals surface area contributed by atoms with Crippen LogP contribution in [0.2, 0.25) is 0 Å². The Labute approximate surface area is 112 Å². The minimum absolute atomic E-state index is 0.0187. The Hall–Kier alpha value is -1.02. The number of hydrogen-bond donors (Lipinski definition) is 1. The van der Waals surface area contributed by atoms with Gasteiger partial charge in [-0.1, -0.05) is 6.07 Å². The lowest BCUT2D eigenvalue weighted by Crippen LogP contribution is -2.45. The summed E-state index contributed by atoms with van der Waals surface area (Å²) in [5.41, 5.74) is 0.598. The first kappa shape index (κ1) is 13.0. The highest BCUT2D eigenvalue weighted by Gasteiger charge is 2.39. The summed E-state index contributed by atoms with van der Waals surface area (Å²) in [5, 5.41) is 8.97. The quantitative estimate of drug-likeness (QED) is 0.853. The molecule has 2 atom stereocenters. The van der Waals surface area contributed by atoms with Crippen LogP contribution in [0.1, 0.15) is 18.4 Å². The number of rotatable bonds is 3. The third-order valence-corrected chi connectivity index (χ3v) is 5.34. The molecular weight excluding hydrogens is 268 g/mol. The third kappa shape index (κ3) is 2.38. The molecule has 0 radical (unpaired) electrons. The molecule has 2 aliphatic heterocycles. The zero-order valence-electron chi connectivity index (χ0n) is 10.4. The van der Waals surface area contributed by atoms with Gasteiger partial charge in [0.2, 0.25) is 0 Å². The molecule has 3 rings (SSSR count). The lowest BCUT2D eigenvalue weighted by Gasteiger charge is -2.30. The first-order chi connectivity index (χ1) is 9.09. The molecular formula is C12H16N2O4S. The van der Waals surface area contributed by atoms with Gasteiger partial charge in [0.1, 0.15) is 0 Å². The fourth-order valence-electron chi connectivity index (χ4n) is 2.56. The SMILES string of the molecule is O=S(=O)(c1ccc(CO)cn1)N1CC2CCC(C1)O2. The molecule has 1 aromatic rings. The molecule has 2 bridgehead atoms. The van der Waals surface area contributed by atoms with Crippen LogP contribution in [0.4, 0.5) is 0 Å². The summed E-state index contributed by atoms with van der Waals surface area (Å²) >= 11 is 0. The van der Waals surface area contributed by atoms with Crippen molar-refractivity contribution in [3.05, 3.63) is 23.9 Å². The molecule has 2 unspecified atom stereocenters. The molecule has 7 heteroatoms. The maximum atomic E-state index is 12.5. The van der Waals surface area contributed by atoms with E-state index in [1.54, 1.807) is 6.07 Å². The lowest BCUT2D eigenvalue weighted by molar-refractivity contribution is -0.0115. The summed E-state index contributed by atoms with van der Waals surface area (Å²) in [6.07, 6.45) is 3.28. The average molecular weight is 284 g/mol. The second-order valence-electron chi connectivity index (χ2n) is 4.94. The van der Waals surface area contributed by atoms with E-state index in [0.717, 1.165) is 12.8 Å². The highest BCUT2D eigenvalue weighted by molar-refractivity contribution is 7.89. The molecule has 104 valence electrons. The van der Waals surface area contributed by atoms with E-state index in [9.17, 15) is 8.42 Å². The van der Waals surface area contributed by atoms with Crippen LogP contribution in [-0.2, 0) is 21.4 Å². The number of pyridine rings is 1. The van der Waals surface area contributed by atoms with E-state index >= 15 is 0 Å². The van der Waals surface area contributed by atoms with Gasteiger partial charge in [-0.15, -0.1) is 0 Å². The van der Waals surface area contributed by atoms with E-state index in [-0.39, 0.29) is 23.8 Å². The van der Waals surface area contributed by atoms with Crippen LogP contribution < -0.4 is 0 Å². The Morgan fingerprint density at radius 3 is 2.53 bits per heavy atom. The first-order valence-electron chi connectivity index (χ1n) is 6.31. The number of aromatic nitrogens is 1. The van der Waals surface area contributed by atoms with E-state index in [1.165, 1.54) is 16.6 Å². The molecule has 6 nitrogen and oxygen atoms in total. The molecule has 1 N–H and O–H groups in total. The summed E-state index contributed by atoms with van der Waals surface area (Å²) in [7, 11) is -3.55. The van der Waals surface area contributed by atoms with E-state index in [4.69, 9.17) is 9.84 Å². The molecule has 2 saturated heterocycles. The van der Waals surface area contributed by atoms with Gasteiger partial charge in [-0.25, -0.2) is 13.4 Å². The van der Waals surface area contributed by atoms with Crippen molar-refractivity contribution in [3.63, 3.8) is 0 Å². The predicted molar refractivity (Wildman–Crippen MR) is 66.8 cm³/mol. The molecule has 0 aromatic carbocycles. The highest BCUT2D eigenvalue weighted by Crippen LogP contribution is 2.29. The van der Waals surface area contributed by atoms with Gasteiger partial charge in [0.25, 0.3) is 10.0 Å². The second kappa shape index (κ2) is 4.82. The Bertz CT molecular complexity index is 546. The third-order valence-electron chi connectivity index (χ3n) is 3.59. The summed E-state index contributed by atoms with van der Waals surface area (Å²) in [4.78, 5) is 3.94. The second-order valence-corrected chi connectivity index (χ2v) is 6.83. The molecule has 2 fully saturated rings. The molecule has 1 aromatic heterocycles. The van der Waals surface area contributed by atoms with Crippen molar-refractivity contribution in [1.29, 1.82) is 0 Å². The Morgan fingerprint density at radius 1 is 1.32 bits per heavy atom. The van der Waals surface area contributed by atoms with Crippen LogP contribution in [0.25, 0.3) is 0 Å². The van der Waals surface area contributed by atoms with Gasteiger partial charge in [0.05, 0.1) is 18.8 Å². The van der Waals surface area contributed by atoms with Gasteiger partial charge in [0.15, 0.2) is 5.03 Å². The number of fused-ring (bicyclic) bond motifs is 2. The fourth-order valence-corrected chi connectivity index (χ4v) is 3.98. The van der Waals surface area contributed by atoms with Crippen molar-refractivity contribution in [3.8, 4) is 0 Å². The van der Waals surface area contributed by atoms with Crippen LogP contribution in [0.15, 0.2) is 23.4 Å². The number of hydrogen-bond acceptors (Lipinski definition) is 5. The van der Waals surface area contributed by atoms with E-state index in [1.807, 2.05) is 0 Å². The highest BCUT2D eigenvalue weighted by atomic mass is 32.2. The molecule has 0 saturated carbocycles. The molecule has 0 aliphatic carbocycles. The fraction of sp³-hybridized carbons (Fsp3) is 0.583. The van der Waals surface area contributed by atoms with Crippen LogP contribution in [0, 0.1) is 0 Å². The smallest absolute Gasteiger partial charge is 0.260 e.